The van der Waals surface area contributed by atoms with Crippen molar-refractivity contribution in [2.75, 3.05) is 0 Å². The summed E-state index contributed by atoms with van der Waals surface area (Å²) in [7, 11) is -1.40. The third kappa shape index (κ3) is 8.86. The minimum atomic E-state index is -1.40. The van der Waals surface area contributed by atoms with Crippen molar-refractivity contribution in [1.29, 1.82) is 0 Å². The van der Waals surface area contributed by atoms with Crippen molar-refractivity contribution in [2.24, 2.45) is 0 Å². The Morgan fingerprint density at radius 3 is 2.38 bits per heavy atom. The Morgan fingerprint density at radius 2 is 1.85 bits per heavy atom. The van der Waals surface area contributed by atoms with Crippen LogP contribution in [0.25, 0.3) is 0 Å². The van der Waals surface area contributed by atoms with Gasteiger partial charge < -0.3 is 0 Å². The summed E-state index contributed by atoms with van der Waals surface area (Å²) < 4.78 is 0. The lowest BCUT2D eigenvalue weighted by atomic mass is 10.1. The molecular formula is C10H20Cl2Si. The summed E-state index contributed by atoms with van der Waals surface area (Å²) in [6.45, 7) is 5.87. The van der Waals surface area contributed by atoms with Crippen molar-refractivity contribution in [3.05, 3.63) is 12.7 Å². The molecule has 0 saturated carbocycles. The Labute approximate surface area is 93.3 Å². The molecule has 0 aliphatic heterocycles. The molecule has 0 heterocycles. The monoisotopic (exact) mass is 238 g/mol. The molecule has 0 N–H and O–H groups in total. The quantitative estimate of drug-likeness (QED) is 0.251. The molecule has 0 radical (unpaired) electrons. The van der Waals surface area contributed by atoms with E-state index in [9.17, 15) is 0 Å². The number of hydrogen-bond acceptors (Lipinski definition) is 0. The first-order valence-electron chi connectivity index (χ1n) is 5.07. The lowest BCUT2D eigenvalue weighted by Gasteiger charge is -2.09. The lowest BCUT2D eigenvalue weighted by Crippen LogP contribution is -2.02. The molecular weight excluding hydrogens is 219 g/mol. The smallest absolute Gasteiger partial charge is 0.150 e. The molecule has 0 spiro atoms. The van der Waals surface area contributed by atoms with Gasteiger partial charge in [0.25, 0.3) is 0 Å². The highest BCUT2D eigenvalue weighted by molar-refractivity contribution is 7.34. The molecule has 0 aromatic heterocycles. The second kappa shape index (κ2) is 9.11. The van der Waals surface area contributed by atoms with Gasteiger partial charge in [0.2, 0.25) is 7.42 Å². The van der Waals surface area contributed by atoms with Crippen LogP contribution in [0.1, 0.15) is 45.4 Å². The van der Waals surface area contributed by atoms with Gasteiger partial charge in [-0.05, 0) is 18.4 Å². The minimum Gasteiger partial charge on any atom is -0.150 e. The molecule has 0 fully saturated rings. The molecule has 0 aromatic carbocycles. The first kappa shape index (κ1) is 13.5. The van der Waals surface area contributed by atoms with E-state index < -0.39 is 7.42 Å². The van der Waals surface area contributed by atoms with Crippen LogP contribution in [-0.2, 0) is 0 Å². The first-order chi connectivity index (χ1) is 6.18. The summed E-state index contributed by atoms with van der Waals surface area (Å²) in [6.07, 6.45) is 9.53. The zero-order valence-electron chi connectivity index (χ0n) is 8.44. The van der Waals surface area contributed by atoms with Gasteiger partial charge in [0.15, 0.2) is 0 Å². The third-order valence-corrected chi connectivity index (χ3v) is 6.02. The Hall–Kier alpha value is 0.537. The second-order valence-electron chi connectivity index (χ2n) is 3.59. The predicted octanol–water partition coefficient (Wildman–Crippen LogP) is 4.60. The van der Waals surface area contributed by atoms with Gasteiger partial charge in [-0.3, -0.25) is 0 Å². The van der Waals surface area contributed by atoms with Crippen molar-refractivity contribution in [3.63, 3.8) is 0 Å². The van der Waals surface area contributed by atoms with Crippen molar-refractivity contribution < 1.29 is 0 Å². The van der Waals surface area contributed by atoms with Crippen LogP contribution in [0.15, 0.2) is 12.7 Å². The van der Waals surface area contributed by atoms with Crippen molar-refractivity contribution in [1.82, 2.24) is 0 Å². The van der Waals surface area contributed by atoms with Crippen molar-refractivity contribution >= 4 is 29.6 Å². The van der Waals surface area contributed by atoms with E-state index in [-0.39, 0.29) is 0 Å². The fraction of sp³-hybridized carbons (Fsp3) is 0.800. The van der Waals surface area contributed by atoms with E-state index in [0.717, 1.165) is 6.42 Å². The maximum absolute atomic E-state index is 5.88. The Balaban J connectivity index is 3.11. The van der Waals surface area contributed by atoms with E-state index in [2.05, 4.69) is 13.5 Å². The predicted molar refractivity (Wildman–Crippen MR) is 66.2 cm³/mol. The SMILES string of the molecule is C=CCCCCCCC(C)[SiH](Cl)Cl. The molecule has 0 aliphatic carbocycles. The molecule has 1 atom stereocenters. The molecule has 0 nitrogen and oxygen atoms in total. The molecule has 1 unspecified atom stereocenters. The second-order valence-corrected chi connectivity index (χ2v) is 8.89. The van der Waals surface area contributed by atoms with Gasteiger partial charge in [-0.15, -0.1) is 6.58 Å². The largest absolute Gasteiger partial charge is 0.239 e. The van der Waals surface area contributed by atoms with Gasteiger partial charge in [-0.25, -0.2) is 0 Å². The van der Waals surface area contributed by atoms with E-state index >= 15 is 0 Å². The van der Waals surface area contributed by atoms with Crippen LogP contribution in [0.5, 0.6) is 0 Å². The normalized spacial score (nSPS) is 13.2. The molecule has 3 heteroatoms. The van der Waals surface area contributed by atoms with Gasteiger partial charge in [0, 0.05) is 0 Å². The van der Waals surface area contributed by atoms with Crippen molar-refractivity contribution in [2.45, 2.75) is 51.0 Å². The number of allylic oxidation sites excluding steroid dienone is 1. The average Bonchev–Trinajstić information content (AvgIpc) is 2.10. The maximum atomic E-state index is 5.88. The third-order valence-electron chi connectivity index (χ3n) is 2.25. The lowest BCUT2D eigenvalue weighted by molar-refractivity contribution is 0.610. The molecule has 0 saturated heterocycles. The standard InChI is InChI=1S/C10H20Cl2Si/c1-3-4-5-6-7-8-9-10(2)13(11)12/h3,10,13H,1,4-9H2,2H3. The highest BCUT2D eigenvalue weighted by Gasteiger charge is 2.12. The summed E-state index contributed by atoms with van der Waals surface area (Å²) >= 11 is 11.8. The van der Waals surface area contributed by atoms with Crippen LogP contribution in [-0.4, -0.2) is 7.42 Å². The van der Waals surface area contributed by atoms with E-state index in [4.69, 9.17) is 22.2 Å². The van der Waals surface area contributed by atoms with Crippen LogP contribution in [0, 0.1) is 0 Å². The van der Waals surface area contributed by atoms with Crippen LogP contribution in [0.3, 0.4) is 0 Å². The van der Waals surface area contributed by atoms with E-state index in [1.54, 1.807) is 0 Å². The first-order valence-corrected chi connectivity index (χ1v) is 9.23. The van der Waals surface area contributed by atoms with E-state index in [1.165, 1.54) is 32.1 Å². The zero-order valence-corrected chi connectivity index (χ0v) is 11.1. The number of rotatable bonds is 8. The Kier molecular flexibility index (Phi) is 9.48. The summed E-state index contributed by atoms with van der Waals surface area (Å²) in [6, 6.07) is 0. The molecule has 0 bridgehead atoms. The fourth-order valence-corrected chi connectivity index (χ4v) is 2.48. The Morgan fingerprint density at radius 1 is 1.23 bits per heavy atom. The highest BCUT2D eigenvalue weighted by Crippen LogP contribution is 2.23. The minimum absolute atomic E-state index is 0.572. The summed E-state index contributed by atoms with van der Waals surface area (Å²) in [5, 5.41) is 0. The fourth-order valence-electron chi connectivity index (χ4n) is 1.23. The van der Waals surface area contributed by atoms with Gasteiger partial charge in [0.05, 0.1) is 0 Å². The van der Waals surface area contributed by atoms with Crippen LogP contribution in [0.2, 0.25) is 5.54 Å². The van der Waals surface area contributed by atoms with Crippen molar-refractivity contribution in [3.8, 4) is 0 Å². The number of halogens is 2. The summed E-state index contributed by atoms with van der Waals surface area (Å²) in [5.74, 6) is 0. The topological polar surface area (TPSA) is 0 Å². The van der Waals surface area contributed by atoms with E-state index in [1.807, 2.05) is 6.08 Å². The molecule has 78 valence electrons. The van der Waals surface area contributed by atoms with Gasteiger partial charge in [-0.1, -0.05) is 38.7 Å². The number of hydrogen-bond donors (Lipinski definition) is 0. The Bertz CT molecular complexity index is 126. The van der Waals surface area contributed by atoms with Gasteiger partial charge >= 0.3 is 0 Å². The number of unbranched alkanes of at least 4 members (excludes halogenated alkanes) is 4. The summed E-state index contributed by atoms with van der Waals surface area (Å²) in [4.78, 5) is 0. The van der Waals surface area contributed by atoms with Crippen LogP contribution in [0.4, 0.5) is 0 Å². The molecule has 0 aliphatic rings. The zero-order chi connectivity index (χ0) is 10.1. The van der Waals surface area contributed by atoms with E-state index in [0.29, 0.717) is 5.54 Å². The average molecular weight is 239 g/mol. The van der Waals surface area contributed by atoms with Gasteiger partial charge in [0.1, 0.15) is 0 Å². The molecule has 0 aromatic rings. The molecule has 0 rings (SSSR count). The van der Waals surface area contributed by atoms with Crippen LogP contribution < -0.4 is 0 Å². The van der Waals surface area contributed by atoms with Crippen LogP contribution >= 0.6 is 22.2 Å². The molecule has 13 heavy (non-hydrogen) atoms. The summed E-state index contributed by atoms with van der Waals surface area (Å²) in [5.41, 5.74) is 0.572. The van der Waals surface area contributed by atoms with Gasteiger partial charge in [-0.2, -0.15) is 22.2 Å². The maximum Gasteiger partial charge on any atom is 0.239 e. The molecule has 0 amide bonds. The highest BCUT2D eigenvalue weighted by atomic mass is 35.7.